The molecule has 12 heavy (non-hydrogen) atoms. The number of aryl methyl sites for hydroxylation is 1. The summed E-state index contributed by atoms with van der Waals surface area (Å²) in [6, 6.07) is 1.73. The Hall–Kier alpha value is -1.36. The standard InChI is InChI=1S/C7H12N4O/c1-2-11-6(3-4-9-11)10-7(12)5-8/h3-4H,2,5,8H2,1H3,(H,10,12). The van der Waals surface area contributed by atoms with Crippen LogP contribution in [0.2, 0.25) is 0 Å². The number of aromatic nitrogens is 2. The first-order valence-electron chi connectivity index (χ1n) is 3.79. The zero-order chi connectivity index (χ0) is 8.97. The Balaban J connectivity index is 2.68. The third-order valence-electron chi connectivity index (χ3n) is 1.47. The van der Waals surface area contributed by atoms with Crippen molar-refractivity contribution >= 4 is 11.7 Å². The van der Waals surface area contributed by atoms with Gasteiger partial charge < -0.3 is 11.1 Å². The number of anilines is 1. The van der Waals surface area contributed by atoms with Gasteiger partial charge in [-0.2, -0.15) is 5.10 Å². The lowest BCUT2D eigenvalue weighted by Gasteiger charge is -2.04. The molecule has 0 bridgehead atoms. The average molecular weight is 168 g/mol. The van der Waals surface area contributed by atoms with Gasteiger partial charge in [-0.25, -0.2) is 4.68 Å². The SMILES string of the molecule is CCn1nccc1NC(=O)CN. The van der Waals surface area contributed by atoms with Crippen molar-refractivity contribution in [1.82, 2.24) is 9.78 Å². The molecular weight excluding hydrogens is 156 g/mol. The molecule has 5 nitrogen and oxygen atoms in total. The highest BCUT2D eigenvalue weighted by molar-refractivity contribution is 5.91. The van der Waals surface area contributed by atoms with E-state index in [0.29, 0.717) is 5.82 Å². The van der Waals surface area contributed by atoms with Crippen LogP contribution >= 0.6 is 0 Å². The van der Waals surface area contributed by atoms with Gasteiger partial charge in [-0.15, -0.1) is 0 Å². The summed E-state index contributed by atoms with van der Waals surface area (Å²) in [5.41, 5.74) is 5.14. The fraction of sp³-hybridized carbons (Fsp3) is 0.429. The first-order valence-corrected chi connectivity index (χ1v) is 3.79. The summed E-state index contributed by atoms with van der Waals surface area (Å²) in [5, 5.41) is 6.61. The molecule has 0 aliphatic carbocycles. The predicted octanol–water partition coefficient (Wildman–Crippen LogP) is -0.200. The molecule has 0 saturated heterocycles. The van der Waals surface area contributed by atoms with E-state index in [2.05, 4.69) is 10.4 Å². The third kappa shape index (κ3) is 1.82. The zero-order valence-electron chi connectivity index (χ0n) is 6.95. The van der Waals surface area contributed by atoms with Crippen LogP contribution in [0.3, 0.4) is 0 Å². The van der Waals surface area contributed by atoms with E-state index in [4.69, 9.17) is 5.73 Å². The minimum atomic E-state index is -0.204. The van der Waals surface area contributed by atoms with Crippen molar-refractivity contribution in [2.24, 2.45) is 5.73 Å². The minimum Gasteiger partial charge on any atom is -0.322 e. The van der Waals surface area contributed by atoms with E-state index in [1.807, 2.05) is 6.92 Å². The van der Waals surface area contributed by atoms with Crippen LogP contribution < -0.4 is 11.1 Å². The van der Waals surface area contributed by atoms with Crippen LogP contribution in [0.1, 0.15) is 6.92 Å². The van der Waals surface area contributed by atoms with Crippen molar-refractivity contribution < 1.29 is 4.79 Å². The lowest BCUT2D eigenvalue weighted by Crippen LogP contribution is -2.23. The summed E-state index contributed by atoms with van der Waals surface area (Å²) in [6.45, 7) is 2.67. The van der Waals surface area contributed by atoms with Gasteiger partial charge in [0.1, 0.15) is 5.82 Å². The van der Waals surface area contributed by atoms with Gasteiger partial charge in [-0.3, -0.25) is 4.79 Å². The number of amides is 1. The molecule has 0 spiro atoms. The Kier molecular flexibility index (Phi) is 2.82. The molecule has 0 radical (unpaired) electrons. The maximum Gasteiger partial charge on any atom is 0.239 e. The Labute approximate surface area is 70.5 Å². The van der Waals surface area contributed by atoms with Gasteiger partial charge in [-0.1, -0.05) is 0 Å². The number of carbonyl (C=O) groups excluding carboxylic acids is 1. The van der Waals surface area contributed by atoms with E-state index in [9.17, 15) is 4.79 Å². The van der Waals surface area contributed by atoms with Crippen LogP contribution in [-0.4, -0.2) is 22.2 Å². The molecule has 0 fully saturated rings. The Morgan fingerprint density at radius 1 is 1.83 bits per heavy atom. The van der Waals surface area contributed by atoms with Crippen molar-refractivity contribution in [2.45, 2.75) is 13.5 Å². The second kappa shape index (κ2) is 3.87. The number of nitrogens with two attached hydrogens (primary N) is 1. The first kappa shape index (κ1) is 8.73. The van der Waals surface area contributed by atoms with Crippen molar-refractivity contribution in [3.63, 3.8) is 0 Å². The number of rotatable bonds is 3. The molecule has 1 aromatic rings. The van der Waals surface area contributed by atoms with Crippen LogP contribution in [0.15, 0.2) is 12.3 Å². The van der Waals surface area contributed by atoms with Gasteiger partial charge in [0.05, 0.1) is 12.7 Å². The van der Waals surface area contributed by atoms with Gasteiger partial charge in [0.2, 0.25) is 5.91 Å². The number of carbonyl (C=O) groups is 1. The van der Waals surface area contributed by atoms with E-state index >= 15 is 0 Å². The van der Waals surface area contributed by atoms with Gasteiger partial charge in [0.25, 0.3) is 0 Å². The molecule has 0 unspecified atom stereocenters. The number of hydrogen-bond donors (Lipinski definition) is 2. The van der Waals surface area contributed by atoms with Crippen LogP contribution in [-0.2, 0) is 11.3 Å². The first-order chi connectivity index (χ1) is 5.77. The molecule has 0 atom stereocenters. The molecule has 0 aliphatic rings. The lowest BCUT2D eigenvalue weighted by molar-refractivity contribution is -0.114. The molecule has 1 amide bonds. The van der Waals surface area contributed by atoms with Crippen molar-refractivity contribution in [3.8, 4) is 0 Å². The summed E-state index contributed by atoms with van der Waals surface area (Å²) in [4.78, 5) is 10.9. The second-order valence-electron chi connectivity index (χ2n) is 2.28. The predicted molar refractivity (Wildman–Crippen MR) is 45.6 cm³/mol. The highest BCUT2D eigenvalue weighted by atomic mass is 16.1. The Morgan fingerprint density at radius 2 is 2.58 bits per heavy atom. The lowest BCUT2D eigenvalue weighted by atomic mass is 10.5. The molecule has 1 rings (SSSR count). The molecule has 0 aromatic carbocycles. The van der Waals surface area contributed by atoms with Crippen molar-refractivity contribution in [3.05, 3.63) is 12.3 Å². The topological polar surface area (TPSA) is 72.9 Å². The monoisotopic (exact) mass is 168 g/mol. The smallest absolute Gasteiger partial charge is 0.239 e. The molecule has 66 valence electrons. The Bertz CT molecular complexity index is 268. The molecular formula is C7H12N4O. The summed E-state index contributed by atoms with van der Waals surface area (Å²) in [5.74, 6) is 0.484. The third-order valence-corrected chi connectivity index (χ3v) is 1.47. The van der Waals surface area contributed by atoms with Gasteiger partial charge in [-0.05, 0) is 6.92 Å². The Morgan fingerprint density at radius 3 is 3.17 bits per heavy atom. The van der Waals surface area contributed by atoms with Crippen LogP contribution in [0.25, 0.3) is 0 Å². The zero-order valence-corrected chi connectivity index (χ0v) is 6.95. The second-order valence-corrected chi connectivity index (χ2v) is 2.28. The van der Waals surface area contributed by atoms with E-state index in [1.54, 1.807) is 16.9 Å². The number of nitrogens with zero attached hydrogens (tertiary/aromatic N) is 2. The maximum atomic E-state index is 10.9. The number of nitrogens with one attached hydrogen (secondary N) is 1. The van der Waals surface area contributed by atoms with Crippen molar-refractivity contribution in [1.29, 1.82) is 0 Å². The summed E-state index contributed by atoms with van der Waals surface area (Å²) >= 11 is 0. The van der Waals surface area contributed by atoms with Crippen LogP contribution in [0, 0.1) is 0 Å². The normalized spacial score (nSPS) is 9.83. The van der Waals surface area contributed by atoms with Crippen molar-refractivity contribution in [2.75, 3.05) is 11.9 Å². The van der Waals surface area contributed by atoms with Gasteiger partial charge in [0.15, 0.2) is 0 Å². The minimum absolute atomic E-state index is 0.00507. The van der Waals surface area contributed by atoms with E-state index in [-0.39, 0.29) is 12.5 Å². The molecule has 0 aliphatic heterocycles. The van der Waals surface area contributed by atoms with Crippen LogP contribution in [0.4, 0.5) is 5.82 Å². The molecule has 0 saturated carbocycles. The maximum absolute atomic E-state index is 10.9. The van der Waals surface area contributed by atoms with Gasteiger partial charge >= 0.3 is 0 Å². The van der Waals surface area contributed by atoms with E-state index in [1.165, 1.54) is 0 Å². The van der Waals surface area contributed by atoms with E-state index < -0.39 is 0 Å². The fourth-order valence-electron chi connectivity index (χ4n) is 0.885. The highest BCUT2D eigenvalue weighted by Gasteiger charge is 2.02. The largest absolute Gasteiger partial charge is 0.322 e. The molecule has 1 aromatic heterocycles. The van der Waals surface area contributed by atoms with Crippen LogP contribution in [0.5, 0.6) is 0 Å². The fourth-order valence-corrected chi connectivity index (χ4v) is 0.885. The number of hydrogen-bond acceptors (Lipinski definition) is 3. The summed E-state index contributed by atoms with van der Waals surface area (Å²) in [6.07, 6.45) is 1.63. The summed E-state index contributed by atoms with van der Waals surface area (Å²) in [7, 11) is 0. The summed E-state index contributed by atoms with van der Waals surface area (Å²) < 4.78 is 1.69. The highest BCUT2D eigenvalue weighted by Crippen LogP contribution is 2.04. The quantitative estimate of drug-likeness (QED) is 0.656. The molecule has 1 heterocycles. The van der Waals surface area contributed by atoms with Gasteiger partial charge in [0, 0.05) is 12.6 Å². The van der Waals surface area contributed by atoms with E-state index in [0.717, 1.165) is 6.54 Å². The average Bonchev–Trinajstić information content (AvgIpc) is 2.51. The molecule has 5 heteroatoms. The molecule has 3 N–H and O–H groups in total.